The normalized spacial score (nSPS) is 31.2. The van der Waals surface area contributed by atoms with Crippen LogP contribution in [0.2, 0.25) is 0 Å². The van der Waals surface area contributed by atoms with E-state index in [1.165, 1.54) is 0 Å². The fraction of sp³-hybridized carbons (Fsp3) is 0.528. The number of fused-ring (bicyclic) bond motifs is 5. The molecule has 0 spiro atoms. The summed E-state index contributed by atoms with van der Waals surface area (Å²) < 4.78 is 0. The van der Waals surface area contributed by atoms with Gasteiger partial charge in [-0.05, 0) is 145 Å². The summed E-state index contributed by atoms with van der Waals surface area (Å²) in [7, 11) is 0. The lowest BCUT2D eigenvalue weighted by molar-refractivity contribution is -0.202. The Labute approximate surface area is 383 Å². The first-order chi connectivity index (χ1) is 31.3. The van der Waals surface area contributed by atoms with Crippen LogP contribution < -0.4 is 16.0 Å². The molecule has 65 heavy (non-hydrogen) atoms. The molecule has 7 N–H and O–H groups in total. The molecule has 2 amide bonds. The second-order valence-corrected chi connectivity index (χ2v) is 20.2. The summed E-state index contributed by atoms with van der Waals surface area (Å²) in [6.07, 6.45) is 8.01. The van der Waals surface area contributed by atoms with Gasteiger partial charge in [-0.2, -0.15) is 0 Å². The number of nitrogens with zero attached hydrogens (tertiary/aromatic N) is 2. The van der Waals surface area contributed by atoms with Crippen LogP contribution in [0.25, 0.3) is 0 Å². The van der Waals surface area contributed by atoms with Crippen molar-refractivity contribution in [3.05, 3.63) is 120 Å². The van der Waals surface area contributed by atoms with E-state index in [0.717, 1.165) is 43.2 Å². The van der Waals surface area contributed by atoms with E-state index in [2.05, 4.69) is 46.7 Å². The van der Waals surface area contributed by atoms with Crippen LogP contribution in [-0.4, -0.2) is 66.4 Å². The average molecular weight is 886 g/mol. The van der Waals surface area contributed by atoms with Crippen molar-refractivity contribution < 1.29 is 34.8 Å². The van der Waals surface area contributed by atoms with Gasteiger partial charge in [0.2, 0.25) is 11.8 Å². The van der Waals surface area contributed by atoms with Gasteiger partial charge >= 0.3 is 5.97 Å². The fourth-order valence-electron chi connectivity index (χ4n) is 13.3. The lowest BCUT2D eigenvalue weighted by Gasteiger charge is -2.63. The van der Waals surface area contributed by atoms with Gasteiger partial charge in [-0.15, -0.1) is 0 Å². The van der Waals surface area contributed by atoms with Gasteiger partial charge in [0, 0.05) is 49.1 Å². The number of aliphatic hydroxyl groups excluding tert-OH is 3. The highest BCUT2D eigenvalue weighted by atomic mass is 16.4. The quantitative estimate of drug-likeness (QED) is 0.0574. The number of carboxylic acids is 1. The largest absolute Gasteiger partial charge is 0.481 e. The molecule has 4 aliphatic carbocycles. The Bertz CT molecular complexity index is 2230. The summed E-state index contributed by atoms with van der Waals surface area (Å²) in [6, 6.07) is 27.8. The van der Waals surface area contributed by atoms with Crippen LogP contribution in [0, 0.1) is 46.3 Å². The van der Waals surface area contributed by atoms with E-state index in [4.69, 9.17) is 0 Å². The molecule has 12 nitrogen and oxygen atoms in total. The number of carboxylic acid groups (broad SMARTS) is 1. The van der Waals surface area contributed by atoms with Gasteiger partial charge in [0.05, 0.1) is 30.3 Å². The van der Waals surface area contributed by atoms with Crippen molar-refractivity contribution in [2.45, 2.75) is 128 Å². The maximum Gasteiger partial charge on any atom is 0.303 e. The van der Waals surface area contributed by atoms with E-state index in [1.54, 1.807) is 12.4 Å². The number of pyridine rings is 2. The zero-order chi connectivity index (χ0) is 45.9. The van der Waals surface area contributed by atoms with Gasteiger partial charge in [-0.25, -0.2) is 4.98 Å². The molecule has 4 saturated carbocycles. The molecule has 4 fully saturated rings. The van der Waals surface area contributed by atoms with E-state index in [1.807, 2.05) is 91.0 Å². The lowest BCUT2D eigenvalue weighted by atomic mass is 9.43. The van der Waals surface area contributed by atoms with Gasteiger partial charge in [0.1, 0.15) is 5.82 Å². The number of aliphatic hydroxyl groups is 3. The number of carbonyl (C=O) groups is 3. The first kappa shape index (κ1) is 46.4. The molecule has 12 heteroatoms. The van der Waals surface area contributed by atoms with Crippen LogP contribution in [0.4, 0.5) is 11.5 Å². The highest BCUT2D eigenvalue weighted by Crippen LogP contribution is 2.68. The zero-order valence-electron chi connectivity index (χ0n) is 37.9. The topological polar surface area (TPSA) is 194 Å². The van der Waals surface area contributed by atoms with E-state index < -0.39 is 36.2 Å². The monoisotopic (exact) mass is 886 g/mol. The molecule has 2 aromatic heterocycles. The van der Waals surface area contributed by atoms with Crippen molar-refractivity contribution >= 4 is 29.3 Å². The molecule has 2 heterocycles. The van der Waals surface area contributed by atoms with Crippen LogP contribution in [0.15, 0.2) is 103 Å². The first-order valence-corrected chi connectivity index (χ1v) is 23.8. The molecular formula is C53H67N5O7. The Morgan fingerprint density at radius 1 is 0.769 bits per heavy atom. The number of hydrogen-bond donors (Lipinski definition) is 7. The Balaban J connectivity index is 0.870. The summed E-state index contributed by atoms with van der Waals surface area (Å²) in [5.74, 6) is -0.0135. The van der Waals surface area contributed by atoms with E-state index in [9.17, 15) is 34.8 Å². The molecule has 0 radical (unpaired) electrons. The number of benzene rings is 2. The zero-order valence-corrected chi connectivity index (χ0v) is 37.9. The number of nitrogens with one attached hydrogen (secondary N) is 3. The minimum absolute atomic E-state index is 0.0206. The van der Waals surface area contributed by atoms with Gasteiger partial charge in [-0.1, -0.05) is 75.4 Å². The molecule has 0 aliphatic heterocycles. The summed E-state index contributed by atoms with van der Waals surface area (Å²) in [4.78, 5) is 47.1. The Hall–Kier alpha value is -5.17. The van der Waals surface area contributed by atoms with Crippen molar-refractivity contribution in [2.75, 3.05) is 10.6 Å². The Kier molecular flexibility index (Phi) is 14.1. The molecule has 0 bridgehead atoms. The summed E-state index contributed by atoms with van der Waals surface area (Å²) in [5, 5.41) is 54.8. The van der Waals surface area contributed by atoms with Crippen LogP contribution in [-0.2, 0) is 14.4 Å². The average Bonchev–Trinajstić information content (AvgIpc) is 3.67. The fourth-order valence-corrected chi connectivity index (χ4v) is 13.3. The minimum atomic E-state index is -0.908. The number of hydrogen-bond acceptors (Lipinski definition) is 9. The predicted molar refractivity (Wildman–Crippen MR) is 249 cm³/mol. The lowest BCUT2D eigenvalue weighted by Crippen LogP contribution is -2.63. The third-order valence-electron chi connectivity index (χ3n) is 16.7. The molecule has 0 saturated heterocycles. The number of aromatic nitrogens is 2. The summed E-state index contributed by atoms with van der Waals surface area (Å²) in [5.41, 5.74) is 2.49. The summed E-state index contributed by atoms with van der Waals surface area (Å²) >= 11 is 0. The van der Waals surface area contributed by atoms with Crippen LogP contribution in [0.5, 0.6) is 0 Å². The van der Waals surface area contributed by atoms with Crippen molar-refractivity contribution in [3.63, 3.8) is 0 Å². The third-order valence-corrected chi connectivity index (χ3v) is 16.7. The molecule has 2 aromatic carbocycles. The number of anilines is 2. The summed E-state index contributed by atoms with van der Waals surface area (Å²) in [6.45, 7) is 6.68. The number of amides is 2. The number of aliphatic carboxylic acids is 1. The van der Waals surface area contributed by atoms with Gasteiger partial charge in [0.15, 0.2) is 0 Å². The molecule has 4 aromatic rings. The van der Waals surface area contributed by atoms with Crippen LogP contribution in [0.1, 0.15) is 126 Å². The standard InChI is InChI=1S/C53H67N5O7/c1-32(15-24-47(63)64)38-20-21-39-48-40(31-43(60)53(38,39)3)52(2)26-25-37(29-35(52)30-42(48)59)57-46(62)23-22-45(61)56-36-18-16-33(17-19-36)50(58-44-14-8-10-28-55-44)49(41-13-7-9-27-54-41)51(65)34-11-5-4-6-12-34/h4-14,16-19,27-28,32,35,37-40,42-43,48-51,59-60,65H,15,20-26,29-31H2,1-3H3,(H,55,58)(H,56,61)(H,57,62)(H,63,64)/t32-,35+,37+,38-,39+,40+,42-,43+,48+,49?,50?,51?,52+,53-/m1/s1. The molecular weight excluding hydrogens is 819 g/mol. The highest BCUT2D eigenvalue weighted by molar-refractivity contribution is 5.93. The number of rotatable bonds is 16. The Morgan fingerprint density at radius 3 is 2.17 bits per heavy atom. The second kappa shape index (κ2) is 19.7. The molecule has 346 valence electrons. The molecule has 14 atom stereocenters. The van der Waals surface area contributed by atoms with Crippen molar-refractivity contribution in [1.82, 2.24) is 15.3 Å². The van der Waals surface area contributed by atoms with Crippen LogP contribution in [0.3, 0.4) is 0 Å². The smallest absolute Gasteiger partial charge is 0.303 e. The SMILES string of the molecule is C[C@H](CCC(=O)O)[C@H]1CC[C@H]2[C@@H]3[C@H](O)C[C@@H]4C[C@@H](NC(=O)CCC(=O)Nc5ccc(C(Nc6ccccn6)C(c6ccccn6)C(O)c6ccccc6)cc5)CC[C@]4(C)[C@H]3C[C@H](O)[C@]12C. The third kappa shape index (κ3) is 9.72. The second-order valence-electron chi connectivity index (χ2n) is 20.2. The van der Waals surface area contributed by atoms with Crippen molar-refractivity contribution in [2.24, 2.45) is 46.3 Å². The van der Waals surface area contributed by atoms with E-state index in [0.29, 0.717) is 36.5 Å². The number of carbonyl (C=O) groups excluding carboxylic acids is 2. The van der Waals surface area contributed by atoms with Crippen molar-refractivity contribution in [1.29, 1.82) is 0 Å². The van der Waals surface area contributed by atoms with Gasteiger partial charge < -0.3 is 36.4 Å². The van der Waals surface area contributed by atoms with Gasteiger partial charge in [-0.3, -0.25) is 19.4 Å². The highest BCUT2D eigenvalue weighted by Gasteiger charge is 2.65. The van der Waals surface area contributed by atoms with Gasteiger partial charge in [0.25, 0.3) is 0 Å². The van der Waals surface area contributed by atoms with E-state index in [-0.39, 0.29) is 83.5 Å². The molecule has 4 aliphatic rings. The van der Waals surface area contributed by atoms with E-state index >= 15 is 0 Å². The Morgan fingerprint density at radius 2 is 1.48 bits per heavy atom. The first-order valence-electron chi connectivity index (χ1n) is 23.8. The molecule has 3 unspecified atom stereocenters. The molecule has 8 rings (SSSR count). The van der Waals surface area contributed by atoms with Crippen LogP contribution >= 0.6 is 0 Å². The van der Waals surface area contributed by atoms with Crippen molar-refractivity contribution in [3.8, 4) is 0 Å². The maximum absolute atomic E-state index is 13.3. The minimum Gasteiger partial charge on any atom is -0.481 e. The maximum atomic E-state index is 13.3. The predicted octanol–water partition coefficient (Wildman–Crippen LogP) is 8.45.